The molecule has 14 heavy (non-hydrogen) atoms. The number of carbonyl (C=O) groups excluding carboxylic acids is 1. The van der Waals surface area contributed by atoms with Crippen LogP contribution >= 0.6 is 0 Å². The standard InChI is InChI=1S/C10H22N2O2/c1-4-9(11)10(14)12-8(6-13)5-7(2)3/h7-9,13H,4-6,11H2,1-3H3,(H,12,14)/t8?,9-/m0/s1. The minimum Gasteiger partial charge on any atom is -0.394 e. The quantitative estimate of drug-likeness (QED) is 0.578. The van der Waals surface area contributed by atoms with E-state index < -0.39 is 6.04 Å². The van der Waals surface area contributed by atoms with E-state index in [-0.39, 0.29) is 18.6 Å². The molecule has 0 saturated carbocycles. The Bertz CT molecular complexity index is 172. The second-order valence-corrected chi connectivity index (χ2v) is 4.03. The summed E-state index contributed by atoms with van der Waals surface area (Å²) in [5.74, 6) is 0.275. The van der Waals surface area contributed by atoms with Crippen LogP contribution in [0.4, 0.5) is 0 Å². The van der Waals surface area contributed by atoms with E-state index in [1.807, 2.05) is 6.92 Å². The van der Waals surface area contributed by atoms with Gasteiger partial charge in [0.25, 0.3) is 0 Å². The minimum absolute atomic E-state index is 0.0274. The van der Waals surface area contributed by atoms with Crippen LogP contribution in [0.2, 0.25) is 0 Å². The molecule has 0 spiro atoms. The van der Waals surface area contributed by atoms with Gasteiger partial charge in [0.15, 0.2) is 0 Å². The molecule has 0 radical (unpaired) electrons. The summed E-state index contributed by atoms with van der Waals surface area (Å²) in [5.41, 5.74) is 5.56. The smallest absolute Gasteiger partial charge is 0.237 e. The van der Waals surface area contributed by atoms with Crippen LogP contribution < -0.4 is 11.1 Å². The lowest BCUT2D eigenvalue weighted by atomic mass is 10.0. The molecule has 0 aromatic rings. The summed E-state index contributed by atoms with van der Waals surface area (Å²) in [6.07, 6.45) is 1.39. The largest absolute Gasteiger partial charge is 0.394 e. The average molecular weight is 202 g/mol. The maximum Gasteiger partial charge on any atom is 0.237 e. The van der Waals surface area contributed by atoms with Crippen LogP contribution in [-0.2, 0) is 4.79 Å². The SMILES string of the molecule is CC[C@H](N)C(=O)NC(CO)CC(C)C. The molecule has 0 bridgehead atoms. The number of nitrogens with two attached hydrogens (primary N) is 1. The van der Waals surface area contributed by atoms with Crippen molar-refractivity contribution in [3.05, 3.63) is 0 Å². The Hall–Kier alpha value is -0.610. The van der Waals surface area contributed by atoms with Gasteiger partial charge < -0.3 is 16.2 Å². The highest BCUT2D eigenvalue weighted by Gasteiger charge is 2.16. The molecule has 1 amide bonds. The van der Waals surface area contributed by atoms with Gasteiger partial charge in [0.1, 0.15) is 0 Å². The lowest BCUT2D eigenvalue weighted by Crippen LogP contribution is -2.46. The van der Waals surface area contributed by atoms with Crippen LogP contribution in [0.5, 0.6) is 0 Å². The lowest BCUT2D eigenvalue weighted by molar-refractivity contribution is -0.123. The molecule has 2 atom stereocenters. The summed E-state index contributed by atoms with van der Waals surface area (Å²) in [7, 11) is 0. The maximum absolute atomic E-state index is 11.4. The van der Waals surface area contributed by atoms with Crippen LogP contribution in [0.25, 0.3) is 0 Å². The van der Waals surface area contributed by atoms with Crippen molar-refractivity contribution < 1.29 is 9.90 Å². The van der Waals surface area contributed by atoms with E-state index in [4.69, 9.17) is 10.8 Å². The molecule has 0 aliphatic carbocycles. The Kier molecular flexibility index (Phi) is 6.49. The molecule has 0 aliphatic rings. The predicted octanol–water partition coefficient (Wildman–Crippen LogP) is 0.247. The summed E-state index contributed by atoms with van der Waals surface area (Å²) in [6.45, 7) is 5.93. The van der Waals surface area contributed by atoms with E-state index in [1.54, 1.807) is 0 Å². The fraction of sp³-hybridized carbons (Fsp3) is 0.900. The number of hydrogen-bond acceptors (Lipinski definition) is 3. The van der Waals surface area contributed by atoms with Crippen molar-refractivity contribution in [2.45, 2.75) is 45.7 Å². The van der Waals surface area contributed by atoms with Gasteiger partial charge in [-0.05, 0) is 18.8 Å². The lowest BCUT2D eigenvalue weighted by Gasteiger charge is -2.20. The van der Waals surface area contributed by atoms with Crippen molar-refractivity contribution in [2.75, 3.05) is 6.61 Å². The Morgan fingerprint density at radius 1 is 1.50 bits per heavy atom. The van der Waals surface area contributed by atoms with Gasteiger partial charge in [0, 0.05) is 0 Å². The van der Waals surface area contributed by atoms with Crippen LogP contribution in [0.1, 0.15) is 33.6 Å². The van der Waals surface area contributed by atoms with E-state index in [2.05, 4.69) is 19.2 Å². The van der Waals surface area contributed by atoms with Crippen LogP contribution in [0, 0.1) is 5.92 Å². The number of aliphatic hydroxyl groups excluding tert-OH is 1. The predicted molar refractivity (Wildman–Crippen MR) is 56.7 cm³/mol. The van der Waals surface area contributed by atoms with Crippen molar-refractivity contribution in [2.24, 2.45) is 11.7 Å². The van der Waals surface area contributed by atoms with E-state index in [9.17, 15) is 4.79 Å². The van der Waals surface area contributed by atoms with Gasteiger partial charge in [-0.15, -0.1) is 0 Å². The molecule has 4 heteroatoms. The number of aliphatic hydroxyl groups is 1. The monoisotopic (exact) mass is 202 g/mol. The highest BCUT2D eigenvalue weighted by Crippen LogP contribution is 2.04. The molecule has 0 aromatic heterocycles. The van der Waals surface area contributed by atoms with E-state index in [1.165, 1.54) is 0 Å². The summed E-state index contributed by atoms with van der Waals surface area (Å²) in [4.78, 5) is 11.4. The molecule has 0 fully saturated rings. The maximum atomic E-state index is 11.4. The fourth-order valence-electron chi connectivity index (χ4n) is 1.24. The zero-order valence-corrected chi connectivity index (χ0v) is 9.29. The molecule has 84 valence electrons. The first-order valence-electron chi connectivity index (χ1n) is 5.18. The van der Waals surface area contributed by atoms with E-state index in [0.717, 1.165) is 6.42 Å². The molecule has 1 unspecified atom stereocenters. The summed E-state index contributed by atoms with van der Waals surface area (Å²) < 4.78 is 0. The normalized spacial score (nSPS) is 15.3. The third kappa shape index (κ3) is 5.19. The highest BCUT2D eigenvalue weighted by molar-refractivity contribution is 5.81. The molecular weight excluding hydrogens is 180 g/mol. The number of hydrogen-bond donors (Lipinski definition) is 3. The molecular formula is C10H22N2O2. The van der Waals surface area contributed by atoms with Gasteiger partial charge in [0.2, 0.25) is 5.91 Å². The molecule has 0 aliphatic heterocycles. The molecule has 0 aromatic carbocycles. The Balaban J connectivity index is 3.98. The number of rotatable bonds is 6. The first-order valence-corrected chi connectivity index (χ1v) is 5.18. The summed E-state index contributed by atoms with van der Waals surface area (Å²) >= 11 is 0. The average Bonchev–Trinajstić information content (AvgIpc) is 2.14. The molecule has 4 N–H and O–H groups in total. The van der Waals surface area contributed by atoms with Gasteiger partial charge in [-0.25, -0.2) is 0 Å². The van der Waals surface area contributed by atoms with Crippen molar-refractivity contribution in [3.8, 4) is 0 Å². The summed E-state index contributed by atoms with van der Waals surface area (Å²) in [6, 6.07) is -0.628. The van der Waals surface area contributed by atoms with Gasteiger partial charge in [-0.3, -0.25) is 4.79 Å². The van der Waals surface area contributed by atoms with Crippen molar-refractivity contribution in [1.29, 1.82) is 0 Å². The molecule has 0 rings (SSSR count). The third-order valence-electron chi connectivity index (χ3n) is 2.10. The van der Waals surface area contributed by atoms with Gasteiger partial charge >= 0.3 is 0 Å². The zero-order chi connectivity index (χ0) is 11.1. The Morgan fingerprint density at radius 3 is 2.43 bits per heavy atom. The number of nitrogens with one attached hydrogen (secondary N) is 1. The molecule has 0 saturated heterocycles. The second-order valence-electron chi connectivity index (χ2n) is 4.03. The first kappa shape index (κ1) is 13.4. The Morgan fingerprint density at radius 2 is 2.07 bits per heavy atom. The molecule has 0 heterocycles. The summed E-state index contributed by atoms with van der Waals surface area (Å²) in [5, 5.41) is 11.8. The Labute approximate surface area is 85.9 Å². The fourth-order valence-corrected chi connectivity index (χ4v) is 1.24. The van der Waals surface area contributed by atoms with Gasteiger partial charge in [-0.1, -0.05) is 20.8 Å². The third-order valence-corrected chi connectivity index (χ3v) is 2.10. The van der Waals surface area contributed by atoms with Crippen molar-refractivity contribution in [1.82, 2.24) is 5.32 Å². The van der Waals surface area contributed by atoms with Crippen LogP contribution in [-0.4, -0.2) is 29.7 Å². The van der Waals surface area contributed by atoms with Crippen LogP contribution in [0.3, 0.4) is 0 Å². The second kappa shape index (κ2) is 6.79. The van der Waals surface area contributed by atoms with E-state index in [0.29, 0.717) is 12.3 Å². The first-order chi connectivity index (χ1) is 6.51. The minimum atomic E-state index is -0.462. The topological polar surface area (TPSA) is 75.4 Å². The van der Waals surface area contributed by atoms with Crippen molar-refractivity contribution in [3.63, 3.8) is 0 Å². The van der Waals surface area contributed by atoms with Gasteiger partial charge in [0.05, 0.1) is 18.7 Å². The number of carbonyl (C=O) groups is 1. The zero-order valence-electron chi connectivity index (χ0n) is 9.29. The van der Waals surface area contributed by atoms with Crippen LogP contribution in [0.15, 0.2) is 0 Å². The number of amides is 1. The molecule has 4 nitrogen and oxygen atoms in total. The van der Waals surface area contributed by atoms with Gasteiger partial charge in [-0.2, -0.15) is 0 Å². The van der Waals surface area contributed by atoms with Crippen molar-refractivity contribution >= 4 is 5.91 Å². The van der Waals surface area contributed by atoms with E-state index >= 15 is 0 Å². The highest BCUT2D eigenvalue weighted by atomic mass is 16.3.